The Morgan fingerprint density at radius 2 is 1.70 bits per heavy atom. The summed E-state index contributed by atoms with van der Waals surface area (Å²) < 4.78 is 0. The van der Waals surface area contributed by atoms with E-state index in [0.717, 1.165) is 6.54 Å². The molecule has 0 aromatic heterocycles. The molecule has 0 spiro atoms. The van der Waals surface area contributed by atoms with E-state index in [-0.39, 0.29) is 0 Å². The van der Waals surface area contributed by atoms with Gasteiger partial charge in [-0.1, -0.05) is 61.7 Å². The minimum atomic E-state index is 0.469. The average molecular weight is 267 g/mol. The van der Waals surface area contributed by atoms with Crippen molar-refractivity contribution in [3.8, 4) is 0 Å². The summed E-state index contributed by atoms with van der Waals surface area (Å²) in [6.07, 6.45) is 8.17. The van der Waals surface area contributed by atoms with Crippen LogP contribution in [-0.4, -0.2) is 13.6 Å². The normalized spacial score (nSPS) is 18.2. The van der Waals surface area contributed by atoms with Gasteiger partial charge in [-0.25, -0.2) is 0 Å². The minimum absolute atomic E-state index is 0.469. The van der Waals surface area contributed by atoms with E-state index in [1.165, 1.54) is 54.9 Å². The predicted molar refractivity (Wildman–Crippen MR) is 87.1 cm³/mol. The van der Waals surface area contributed by atoms with Crippen molar-refractivity contribution in [2.45, 2.75) is 38.5 Å². The molecule has 0 radical (unpaired) electrons. The highest BCUT2D eigenvalue weighted by Crippen LogP contribution is 2.39. The number of fused-ring (bicyclic) bond motifs is 1. The first-order chi connectivity index (χ1) is 9.83. The SMILES string of the molecule is CNCC1(Cc2cccc3ccccc23)CCCCC1. The maximum absolute atomic E-state index is 3.45. The maximum Gasteiger partial charge on any atom is 0.000800 e. The fourth-order valence-electron chi connectivity index (χ4n) is 3.94. The van der Waals surface area contributed by atoms with Crippen molar-refractivity contribution in [3.05, 3.63) is 48.0 Å². The second-order valence-electron chi connectivity index (χ2n) is 6.41. The fourth-order valence-corrected chi connectivity index (χ4v) is 3.94. The third-order valence-corrected chi connectivity index (χ3v) is 4.91. The minimum Gasteiger partial charge on any atom is -0.319 e. The van der Waals surface area contributed by atoms with E-state index in [2.05, 4.69) is 54.8 Å². The van der Waals surface area contributed by atoms with Crippen LogP contribution in [0.25, 0.3) is 10.8 Å². The summed E-state index contributed by atoms with van der Waals surface area (Å²) in [4.78, 5) is 0. The Hall–Kier alpha value is -1.34. The first-order valence-electron chi connectivity index (χ1n) is 7.94. The average Bonchev–Trinajstić information content (AvgIpc) is 2.49. The zero-order chi connectivity index (χ0) is 13.8. The molecule has 3 rings (SSSR count). The lowest BCUT2D eigenvalue weighted by atomic mass is 9.70. The second-order valence-corrected chi connectivity index (χ2v) is 6.41. The molecule has 2 aromatic carbocycles. The molecule has 0 heterocycles. The lowest BCUT2D eigenvalue weighted by Crippen LogP contribution is -2.36. The van der Waals surface area contributed by atoms with E-state index in [9.17, 15) is 0 Å². The molecule has 0 aliphatic heterocycles. The molecular weight excluding hydrogens is 242 g/mol. The van der Waals surface area contributed by atoms with Crippen LogP contribution in [0.2, 0.25) is 0 Å². The van der Waals surface area contributed by atoms with Gasteiger partial charge >= 0.3 is 0 Å². The second kappa shape index (κ2) is 5.97. The highest BCUT2D eigenvalue weighted by atomic mass is 14.8. The van der Waals surface area contributed by atoms with Gasteiger partial charge in [0.2, 0.25) is 0 Å². The Morgan fingerprint density at radius 1 is 0.950 bits per heavy atom. The fraction of sp³-hybridized carbons (Fsp3) is 0.474. The van der Waals surface area contributed by atoms with Gasteiger partial charge in [0.05, 0.1) is 0 Å². The van der Waals surface area contributed by atoms with E-state index < -0.39 is 0 Å². The van der Waals surface area contributed by atoms with Gasteiger partial charge in [0.1, 0.15) is 0 Å². The molecule has 1 N–H and O–H groups in total. The summed E-state index contributed by atoms with van der Waals surface area (Å²) in [5.74, 6) is 0. The van der Waals surface area contributed by atoms with Crippen LogP contribution in [-0.2, 0) is 6.42 Å². The van der Waals surface area contributed by atoms with Gasteiger partial charge in [-0.3, -0.25) is 0 Å². The molecule has 0 bridgehead atoms. The van der Waals surface area contributed by atoms with Crippen LogP contribution >= 0.6 is 0 Å². The van der Waals surface area contributed by atoms with Crippen LogP contribution in [0.15, 0.2) is 42.5 Å². The zero-order valence-corrected chi connectivity index (χ0v) is 12.5. The molecule has 1 saturated carbocycles. The topological polar surface area (TPSA) is 12.0 Å². The van der Waals surface area contributed by atoms with Gasteiger partial charge in [-0.15, -0.1) is 0 Å². The molecule has 1 fully saturated rings. The zero-order valence-electron chi connectivity index (χ0n) is 12.5. The molecule has 106 valence electrons. The number of rotatable bonds is 4. The lowest BCUT2D eigenvalue weighted by molar-refractivity contribution is 0.185. The van der Waals surface area contributed by atoms with Crippen LogP contribution < -0.4 is 5.32 Å². The molecule has 0 atom stereocenters. The van der Waals surface area contributed by atoms with Gasteiger partial charge in [-0.05, 0) is 48.1 Å². The summed E-state index contributed by atoms with van der Waals surface area (Å²) >= 11 is 0. The molecule has 0 saturated heterocycles. The van der Waals surface area contributed by atoms with E-state index in [1.54, 1.807) is 0 Å². The summed E-state index contributed by atoms with van der Waals surface area (Å²) in [6.45, 7) is 1.15. The smallest absolute Gasteiger partial charge is 0.000800 e. The molecule has 1 heteroatoms. The van der Waals surface area contributed by atoms with Crippen LogP contribution in [0, 0.1) is 5.41 Å². The highest BCUT2D eigenvalue weighted by molar-refractivity contribution is 5.85. The summed E-state index contributed by atoms with van der Waals surface area (Å²) in [5.41, 5.74) is 2.00. The van der Waals surface area contributed by atoms with Gasteiger partial charge in [0.15, 0.2) is 0 Å². The first-order valence-corrected chi connectivity index (χ1v) is 7.94. The summed E-state index contributed by atoms with van der Waals surface area (Å²) in [7, 11) is 2.10. The monoisotopic (exact) mass is 267 g/mol. The molecule has 2 aromatic rings. The summed E-state index contributed by atoms with van der Waals surface area (Å²) in [5, 5.41) is 6.26. The van der Waals surface area contributed by atoms with E-state index >= 15 is 0 Å². The Balaban J connectivity index is 1.94. The first kappa shape index (κ1) is 13.6. The number of hydrogen-bond donors (Lipinski definition) is 1. The molecule has 1 aliphatic rings. The Kier molecular flexibility index (Phi) is 4.07. The lowest BCUT2D eigenvalue weighted by Gasteiger charge is -2.38. The van der Waals surface area contributed by atoms with Crippen molar-refractivity contribution >= 4 is 10.8 Å². The van der Waals surface area contributed by atoms with Crippen molar-refractivity contribution < 1.29 is 0 Å². The number of benzene rings is 2. The van der Waals surface area contributed by atoms with Crippen LogP contribution in [0.5, 0.6) is 0 Å². The molecule has 20 heavy (non-hydrogen) atoms. The molecule has 1 nitrogen and oxygen atoms in total. The third kappa shape index (κ3) is 2.73. The Bertz CT molecular complexity index is 556. The van der Waals surface area contributed by atoms with E-state index in [1.807, 2.05) is 0 Å². The Labute approximate surface area is 122 Å². The van der Waals surface area contributed by atoms with Gasteiger partial charge in [0, 0.05) is 6.54 Å². The van der Waals surface area contributed by atoms with Crippen molar-refractivity contribution in [2.24, 2.45) is 5.41 Å². The maximum atomic E-state index is 3.45. The predicted octanol–water partition coefficient (Wildman–Crippen LogP) is 4.55. The van der Waals surface area contributed by atoms with Crippen molar-refractivity contribution in [3.63, 3.8) is 0 Å². The van der Waals surface area contributed by atoms with Crippen molar-refractivity contribution in [1.82, 2.24) is 5.32 Å². The van der Waals surface area contributed by atoms with E-state index in [0.29, 0.717) is 5.41 Å². The molecule has 1 aliphatic carbocycles. The number of nitrogens with one attached hydrogen (secondary N) is 1. The largest absolute Gasteiger partial charge is 0.319 e. The van der Waals surface area contributed by atoms with Crippen LogP contribution in [0.3, 0.4) is 0 Å². The van der Waals surface area contributed by atoms with E-state index in [4.69, 9.17) is 0 Å². The number of hydrogen-bond acceptors (Lipinski definition) is 1. The van der Waals surface area contributed by atoms with Crippen LogP contribution in [0.1, 0.15) is 37.7 Å². The van der Waals surface area contributed by atoms with Gasteiger partial charge < -0.3 is 5.32 Å². The van der Waals surface area contributed by atoms with Crippen LogP contribution in [0.4, 0.5) is 0 Å². The third-order valence-electron chi connectivity index (χ3n) is 4.91. The molecular formula is C19H25N. The van der Waals surface area contributed by atoms with Gasteiger partial charge in [-0.2, -0.15) is 0 Å². The van der Waals surface area contributed by atoms with Crippen molar-refractivity contribution in [1.29, 1.82) is 0 Å². The van der Waals surface area contributed by atoms with Crippen molar-refractivity contribution in [2.75, 3.05) is 13.6 Å². The van der Waals surface area contributed by atoms with Gasteiger partial charge in [0.25, 0.3) is 0 Å². The highest BCUT2D eigenvalue weighted by Gasteiger charge is 2.31. The molecule has 0 amide bonds. The quantitative estimate of drug-likeness (QED) is 0.856. The standard InChI is InChI=1S/C19H25N/c1-20-15-19(12-5-2-6-13-19)14-17-10-7-9-16-8-3-4-11-18(16)17/h3-4,7-11,20H,2,5-6,12-15H2,1H3. The Morgan fingerprint density at radius 3 is 2.50 bits per heavy atom. The summed E-state index contributed by atoms with van der Waals surface area (Å²) in [6, 6.07) is 15.6. The molecule has 0 unspecified atom stereocenters.